The van der Waals surface area contributed by atoms with Crippen molar-refractivity contribution >= 4 is 14.9 Å². The van der Waals surface area contributed by atoms with Gasteiger partial charge in [0.25, 0.3) is 0 Å². The minimum Gasteiger partial charge on any atom is -0.378 e. The third-order valence-electron chi connectivity index (χ3n) is 1.92. The van der Waals surface area contributed by atoms with E-state index < -0.39 is 0 Å². The van der Waals surface area contributed by atoms with Crippen molar-refractivity contribution in [3.8, 4) is 0 Å². The molecule has 0 amide bonds. The first-order valence-electron chi connectivity index (χ1n) is 5.05. The molecule has 2 atom stereocenters. The third-order valence-corrected chi connectivity index (χ3v) is 2.39. The molecule has 0 aromatic heterocycles. The molecule has 2 unspecified atom stereocenters. The van der Waals surface area contributed by atoms with Gasteiger partial charge in [-0.3, -0.25) is 0 Å². The Morgan fingerprint density at radius 2 is 1.64 bits per heavy atom. The fraction of sp³-hybridized carbons (Fsp3) is 0.500. The summed E-state index contributed by atoms with van der Waals surface area (Å²) in [5.41, 5.74) is 2.05. The highest BCUT2D eigenvalue weighted by Crippen LogP contribution is 2.07. The van der Waals surface area contributed by atoms with Crippen molar-refractivity contribution in [2.24, 2.45) is 0 Å². The van der Waals surface area contributed by atoms with Crippen molar-refractivity contribution < 1.29 is 0 Å². The third kappa shape index (κ3) is 6.91. The Hall–Kier alpha value is -0.550. The zero-order valence-electron chi connectivity index (χ0n) is 9.70. The fourth-order valence-corrected chi connectivity index (χ4v) is 0.726. The van der Waals surface area contributed by atoms with Gasteiger partial charge >= 0.3 is 0 Å². The largest absolute Gasteiger partial charge is 0.378 e. The summed E-state index contributed by atoms with van der Waals surface area (Å²) in [6, 6.07) is 10.3. The molecule has 1 rings (SSSR count). The van der Waals surface area contributed by atoms with Crippen LogP contribution >= 0.6 is 9.24 Å². The lowest BCUT2D eigenvalue weighted by atomic mass is 10.3. The number of anilines is 1. The number of nitrogens with zero attached hydrogens (tertiary/aromatic N) is 1. The van der Waals surface area contributed by atoms with Gasteiger partial charge in [0.2, 0.25) is 0 Å². The SMILES string of the molecule is CCC(C)P.CN(C)c1ccccc1. The van der Waals surface area contributed by atoms with Gasteiger partial charge in [-0.25, -0.2) is 0 Å². The van der Waals surface area contributed by atoms with Crippen LogP contribution in [0.25, 0.3) is 0 Å². The average molecular weight is 211 g/mol. The highest BCUT2D eigenvalue weighted by atomic mass is 31.0. The molecule has 0 aliphatic rings. The average Bonchev–Trinajstić information content (AvgIpc) is 2.20. The van der Waals surface area contributed by atoms with E-state index in [0.29, 0.717) is 0 Å². The monoisotopic (exact) mass is 211 g/mol. The number of hydrogen-bond acceptors (Lipinski definition) is 1. The highest BCUT2D eigenvalue weighted by molar-refractivity contribution is 7.17. The van der Waals surface area contributed by atoms with Gasteiger partial charge < -0.3 is 4.90 Å². The van der Waals surface area contributed by atoms with E-state index >= 15 is 0 Å². The molecule has 0 bridgehead atoms. The normalized spacial score (nSPS) is 11.2. The van der Waals surface area contributed by atoms with E-state index in [1.807, 2.05) is 32.3 Å². The van der Waals surface area contributed by atoms with Gasteiger partial charge in [0.15, 0.2) is 0 Å². The second-order valence-corrected chi connectivity index (χ2v) is 4.75. The summed E-state index contributed by atoms with van der Waals surface area (Å²) in [5.74, 6) is 0. The van der Waals surface area contributed by atoms with E-state index in [-0.39, 0.29) is 0 Å². The van der Waals surface area contributed by atoms with Crippen LogP contribution in [0.3, 0.4) is 0 Å². The molecule has 0 saturated carbocycles. The van der Waals surface area contributed by atoms with Crippen LogP contribution in [-0.2, 0) is 0 Å². The molecule has 0 saturated heterocycles. The van der Waals surface area contributed by atoms with E-state index in [4.69, 9.17) is 0 Å². The molecule has 0 heterocycles. The van der Waals surface area contributed by atoms with Crippen LogP contribution in [-0.4, -0.2) is 19.8 Å². The van der Waals surface area contributed by atoms with E-state index in [0.717, 1.165) is 5.66 Å². The maximum atomic E-state index is 2.73. The fourth-order valence-electron chi connectivity index (χ4n) is 0.726. The lowest BCUT2D eigenvalue weighted by Gasteiger charge is -2.10. The number of para-hydroxylation sites is 1. The Labute approximate surface area is 90.7 Å². The van der Waals surface area contributed by atoms with Crippen LogP contribution in [0.4, 0.5) is 5.69 Å². The predicted molar refractivity (Wildman–Crippen MR) is 70.2 cm³/mol. The molecule has 14 heavy (non-hydrogen) atoms. The lowest BCUT2D eigenvalue weighted by molar-refractivity contribution is 0.908. The van der Waals surface area contributed by atoms with Gasteiger partial charge in [-0.2, -0.15) is 0 Å². The minimum absolute atomic E-state index is 0.801. The highest BCUT2D eigenvalue weighted by Gasteiger charge is 1.87. The maximum Gasteiger partial charge on any atom is 0.0360 e. The van der Waals surface area contributed by atoms with E-state index in [1.165, 1.54) is 12.1 Å². The Bertz CT molecular complexity index is 219. The van der Waals surface area contributed by atoms with Crippen molar-refractivity contribution in [1.29, 1.82) is 0 Å². The molecule has 0 radical (unpaired) electrons. The van der Waals surface area contributed by atoms with Crippen molar-refractivity contribution in [3.63, 3.8) is 0 Å². The Kier molecular flexibility index (Phi) is 7.51. The number of benzene rings is 1. The first kappa shape index (κ1) is 13.4. The zero-order chi connectivity index (χ0) is 11.0. The molecule has 1 aromatic carbocycles. The second kappa shape index (κ2) is 7.82. The zero-order valence-corrected chi connectivity index (χ0v) is 10.9. The molecular formula is C12H22NP. The summed E-state index contributed by atoms with van der Waals surface area (Å²) in [4.78, 5) is 2.08. The Morgan fingerprint density at radius 3 is 1.86 bits per heavy atom. The van der Waals surface area contributed by atoms with Gasteiger partial charge in [-0.1, -0.05) is 38.5 Å². The molecule has 2 heteroatoms. The van der Waals surface area contributed by atoms with Crippen molar-refractivity contribution in [1.82, 2.24) is 0 Å². The van der Waals surface area contributed by atoms with Crippen molar-refractivity contribution in [2.45, 2.75) is 25.9 Å². The van der Waals surface area contributed by atoms with E-state index in [1.54, 1.807) is 0 Å². The number of rotatable bonds is 2. The summed E-state index contributed by atoms with van der Waals surface area (Å²) in [5, 5.41) is 0. The molecule has 0 spiro atoms. The topological polar surface area (TPSA) is 3.24 Å². The molecule has 0 N–H and O–H groups in total. The van der Waals surface area contributed by atoms with Crippen LogP contribution in [0.5, 0.6) is 0 Å². The minimum atomic E-state index is 0.801. The second-order valence-electron chi connectivity index (χ2n) is 3.62. The molecule has 0 fully saturated rings. The number of hydrogen-bond donors (Lipinski definition) is 0. The maximum absolute atomic E-state index is 2.73. The van der Waals surface area contributed by atoms with Gasteiger partial charge in [-0.05, 0) is 17.8 Å². The molecule has 80 valence electrons. The standard InChI is InChI=1S/C8H11N.C4H11P/c1-9(2)8-6-4-3-5-7-8;1-3-4(2)5/h3-7H,1-2H3;4H,3,5H2,1-2H3. The van der Waals surface area contributed by atoms with Gasteiger partial charge in [0.1, 0.15) is 0 Å². The van der Waals surface area contributed by atoms with E-state index in [2.05, 4.69) is 40.1 Å². The summed E-state index contributed by atoms with van der Waals surface area (Å²) in [6.45, 7) is 4.36. The van der Waals surface area contributed by atoms with E-state index in [9.17, 15) is 0 Å². The molecule has 0 aliphatic carbocycles. The van der Waals surface area contributed by atoms with Crippen LogP contribution in [0.15, 0.2) is 30.3 Å². The molecule has 1 aromatic rings. The van der Waals surface area contributed by atoms with Crippen LogP contribution in [0, 0.1) is 0 Å². The Morgan fingerprint density at radius 1 is 1.21 bits per heavy atom. The first-order chi connectivity index (χ1) is 6.57. The van der Waals surface area contributed by atoms with Crippen LogP contribution < -0.4 is 4.90 Å². The summed E-state index contributed by atoms with van der Waals surface area (Å²) < 4.78 is 0. The predicted octanol–water partition coefficient (Wildman–Crippen LogP) is 3.41. The van der Waals surface area contributed by atoms with Crippen molar-refractivity contribution in [2.75, 3.05) is 19.0 Å². The summed E-state index contributed by atoms with van der Waals surface area (Å²) in [7, 11) is 6.81. The van der Waals surface area contributed by atoms with Crippen LogP contribution in [0.1, 0.15) is 20.3 Å². The molecule has 0 aliphatic heterocycles. The van der Waals surface area contributed by atoms with Gasteiger partial charge in [0.05, 0.1) is 0 Å². The Balaban J connectivity index is 0.000000292. The van der Waals surface area contributed by atoms with Crippen molar-refractivity contribution in [3.05, 3.63) is 30.3 Å². The first-order valence-corrected chi connectivity index (χ1v) is 5.72. The smallest absolute Gasteiger partial charge is 0.0360 e. The summed E-state index contributed by atoms with van der Waals surface area (Å²) >= 11 is 0. The lowest BCUT2D eigenvalue weighted by Crippen LogP contribution is -2.07. The quantitative estimate of drug-likeness (QED) is 0.677. The summed E-state index contributed by atoms with van der Waals surface area (Å²) in [6.07, 6.45) is 1.27. The molecule has 1 nitrogen and oxygen atoms in total. The van der Waals surface area contributed by atoms with Crippen LogP contribution in [0.2, 0.25) is 0 Å². The van der Waals surface area contributed by atoms with Gasteiger partial charge in [0, 0.05) is 19.8 Å². The molecular weight excluding hydrogens is 189 g/mol. The van der Waals surface area contributed by atoms with Gasteiger partial charge in [-0.15, -0.1) is 9.24 Å².